The zero-order chi connectivity index (χ0) is 8.43. The summed E-state index contributed by atoms with van der Waals surface area (Å²) < 4.78 is 0. The maximum Gasteiger partial charge on any atom is 0.255 e. The fourth-order valence-corrected chi connectivity index (χ4v) is 0.866. The van der Waals surface area contributed by atoms with E-state index in [9.17, 15) is 9.59 Å². The Labute approximate surface area is 64.5 Å². The van der Waals surface area contributed by atoms with Crippen molar-refractivity contribution in [2.75, 3.05) is 0 Å². The molecule has 5 heteroatoms. The summed E-state index contributed by atoms with van der Waals surface area (Å²) in [6, 6.07) is -0.659. The molecule has 0 aromatic heterocycles. The van der Waals surface area contributed by atoms with Gasteiger partial charge in [-0.3, -0.25) is 25.8 Å². The van der Waals surface area contributed by atoms with Crippen LogP contribution in [0.1, 0.15) is 13.8 Å². The molecular formula is C6H11N3O2. The van der Waals surface area contributed by atoms with Crippen molar-refractivity contribution in [1.82, 2.24) is 16.2 Å². The Balaban J connectivity index is 2.66. The summed E-state index contributed by atoms with van der Waals surface area (Å²) in [5, 5.41) is 2.82. The van der Waals surface area contributed by atoms with Gasteiger partial charge in [0.25, 0.3) is 11.8 Å². The molecule has 2 amide bonds. The van der Waals surface area contributed by atoms with E-state index in [1.54, 1.807) is 13.8 Å². The van der Waals surface area contributed by atoms with Crippen molar-refractivity contribution in [1.29, 1.82) is 0 Å². The second-order valence-corrected chi connectivity index (χ2v) is 2.59. The number of hydrogen-bond acceptors (Lipinski definition) is 3. The van der Waals surface area contributed by atoms with E-state index in [0.717, 1.165) is 0 Å². The van der Waals surface area contributed by atoms with Gasteiger partial charge in [-0.25, -0.2) is 0 Å². The molecule has 0 aromatic carbocycles. The normalized spacial score (nSPS) is 32.2. The first kappa shape index (κ1) is 8.00. The van der Waals surface area contributed by atoms with E-state index in [1.807, 2.05) is 0 Å². The average Bonchev–Trinajstić information content (AvgIpc) is 2.05. The molecule has 0 spiro atoms. The van der Waals surface area contributed by atoms with Crippen LogP contribution in [0.15, 0.2) is 0 Å². The second kappa shape index (κ2) is 2.87. The highest BCUT2D eigenvalue weighted by atomic mass is 16.2. The standard InChI is InChI=1S/C6H11N3O2/c1-3-5(10)8-9-6(11)4(2)7-3/h3-4,7H,1-2H3,(H,8,10)(H,9,11)/t3-,4+. The highest BCUT2D eigenvalue weighted by Gasteiger charge is 2.23. The average molecular weight is 157 g/mol. The summed E-state index contributed by atoms with van der Waals surface area (Å²) >= 11 is 0. The Bertz CT molecular complexity index is 172. The molecule has 0 aliphatic carbocycles. The van der Waals surface area contributed by atoms with E-state index in [-0.39, 0.29) is 23.9 Å². The molecule has 1 heterocycles. The van der Waals surface area contributed by atoms with Gasteiger partial charge in [-0.05, 0) is 13.8 Å². The minimum atomic E-state index is -0.330. The maximum absolute atomic E-state index is 10.9. The molecule has 0 radical (unpaired) electrons. The number of nitrogens with one attached hydrogen (secondary N) is 3. The number of carbonyl (C=O) groups excluding carboxylic acids is 2. The molecule has 5 nitrogen and oxygen atoms in total. The fraction of sp³-hybridized carbons (Fsp3) is 0.667. The Hall–Kier alpha value is -1.10. The van der Waals surface area contributed by atoms with Crippen molar-refractivity contribution in [2.45, 2.75) is 25.9 Å². The molecular weight excluding hydrogens is 146 g/mol. The van der Waals surface area contributed by atoms with E-state index in [1.165, 1.54) is 0 Å². The van der Waals surface area contributed by atoms with E-state index < -0.39 is 0 Å². The summed E-state index contributed by atoms with van der Waals surface area (Å²) in [5.74, 6) is -0.439. The third kappa shape index (κ3) is 1.68. The third-order valence-corrected chi connectivity index (χ3v) is 1.60. The lowest BCUT2D eigenvalue weighted by Gasteiger charge is -2.09. The first-order valence-corrected chi connectivity index (χ1v) is 3.47. The van der Waals surface area contributed by atoms with Gasteiger partial charge in [-0.1, -0.05) is 0 Å². The summed E-state index contributed by atoms with van der Waals surface area (Å²) in [5.41, 5.74) is 4.55. The minimum Gasteiger partial charge on any atom is -0.295 e. The number of hydrazine groups is 1. The molecule has 0 bridgehead atoms. The maximum atomic E-state index is 10.9. The molecule has 1 rings (SSSR count). The first-order chi connectivity index (χ1) is 5.11. The van der Waals surface area contributed by atoms with Gasteiger partial charge in [0.2, 0.25) is 0 Å². The molecule has 11 heavy (non-hydrogen) atoms. The van der Waals surface area contributed by atoms with Gasteiger partial charge in [0, 0.05) is 0 Å². The van der Waals surface area contributed by atoms with E-state index >= 15 is 0 Å². The van der Waals surface area contributed by atoms with Crippen molar-refractivity contribution in [3.05, 3.63) is 0 Å². The molecule has 0 aromatic rings. The quantitative estimate of drug-likeness (QED) is 0.401. The van der Waals surface area contributed by atoms with Crippen LogP contribution in [0.5, 0.6) is 0 Å². The van der Waals surface area contributed by atoms with E-state index in [0.29, 0.717) is 0 Å². The van der Waals surface area contributed by atoms with Crippen LogP contribution in [-0.2, 0) is 9.59 Å². The fourth-order valence-electron chi connectivity index (χ4n) is 0.866. The topological polar surface area (TPSA) is 70.2 Å². The van der Waals surface area contributed by atoms with E-state index in [2.05, 4.69) is 16.2 Å². The smallest absolute Gasteiger partial charge is 0.255 e. The molecule has 2 atom stereocenters. The van der Waals surface area contributed by atoms with E-state index in [4.69, 9.17) is 0 Å². The largest absolute Gasteiger partial charge is 0.295 e. The summed E-state index contributed by atoms with van der Waals surface area (Å²) in [7, 11) is 0. The van der Waals surface area contributed by atoms with Gasteiger partial charge in [0.1, 0.15) is 0 Å². The van der Waals surface area contributed by atoms with Crippen LogP contribution < -0.4 is 16.2 Å². The number of amides is 2. The molecule has 1 saturated heterocycles. The molecule has 1 fully saturated rings. The number of hydrogen-bond donors (Lipinski definition) is 3. The first-order valence-electron chi connectivity index (χ1n) is 3.47. The van der Waals surface area contributed by atoms with Crippen LogP contribution in [0.2, 0.25) is 0 Å². The lowest BCUT2D eigenvalue weighted by molar-refractivity contribution is -0.127. The Morgan fingerprint density at radius 1 is 1.00 bits per heavy atom. The number of carbonyl (C=O) groups is 2. The minimum absolute atomic E-state index is 0.220. The highest BCUT2D eigenvalue weighted by molar-refractivity contribution is 5.89. The number of rotatable bonds is 0. The summed E-state index contributed by atoms with van der Waals surface area (Å²) in [6.07, 6.45) is 0. The predicted molar refractivity (Wildman–Crippen MR) is 38.3 cm³/mol. The molecule has 1 aliphatic rings. The van der Waals surface area contributed by atoms with Crippen LogP contribution in [0.4, 0.5) is 0 Å². The van der Waals surface area contributed by atoms with Crippen molar-refractivity contribution in [2.24, 2.45) is 0 Å². The van der Waals surface area contributed by atoms with Crippen LogP contribution in [0.3, 0.4) is 0 Å². The summed E-state index contributed by atoms with van der Waals surface area (Å²) in [4.78, 5) is 21.8. The van der Waals surface area contributed by atoms with Gasteiger partial charge >= 0.3 is 0 Å². The predicted octanol–water partition coefficient (Wildman–Crippen LogP) is -1.49. The Morgan fingerprint density at radius 3 is 1.73 bits per heavy atom. The second-order valence-electron chi connectivity index (χ2n) is 2.59. The van der Waals surface area contributed by atoms with Gasteiger partial charge < -0.3 is 0 Å². The molecule has 0 saturated carbocycles. The van der Waals surface area contributed by atoms with Crippen molar-refractivity contribution < 1.29 is 9.59 Å². The van der Waals surface area contributed by atoms with Crippen LogP contribution in [0, 0.1) is 0 Å². The molecule has 0 unspecified atom stereocenters. The van der Waals surface area contributed by atoms with Crippen LogP contribution in [0.25, 0.3) is 0 Å². The Kier molecular flexibility index (Phi) is 2.09. The van der Waals surface area contributed by atoms with Gasteiger partial charge in [-0.2, -0.15) is 0 Å². The summed E-state index contributed by atoms with van der Waals surface area (Å²) in [6.45, 7) is 3.40. The zero-order valence-electron chi connectivity index (χ0n) is 6.47. The highest BCUT2D eigenvalue weighted by Crippen LogP contribution is 1.90. The van der Waals surface area contributed by atoms with Crippen molar-refractivity contribution >= 4 is 11.8 Å². The molecule has 62 valence electrons. The third-order valence-electron chi connectivity index (χ3n) is 1.60. The van der Waals surface area contributed by atoms with Crippen LogP contribution in [-0.4, -0.2) is 23.9 Å². The van der Waals surface area contributed by atoms with Crippen LogP contribution >= 0.6 is 0 Å². The SMILES string of the molecule is C[C@@H]1N[C@H](C)C(=O)NNC1=O. The van der Waals surface area contributed by atoms with Gasteiger partial charge in [0.15, 0.2) is 0 Å². The Morgan fingerprint density at radius 2 is 1.36 bits per heavy atom. The lowest BCUT2D eigenvalue weighted by atomic mass is 10.2. The zero-order valence-corrected chi connectivity index (χ0v) is 6.47. The lowest BCUT2D eigenvalue weighted by Crippen LogP contribution is -2.43. The van der Waals surface area contributed by atoms with Crippen molar-refractivity contribution in [3.8, 4) is 0 Å². The monoisotopic (exact) mass is 157 g/mol. The van der Waals surface area contributed by atoms with Crippen molar-refractivity contribution in [3.63, 3.8) is 0 Å². The molecule has 3 N–H and O–H groups in total. The van der Waals surface area contributed by atoms with Gasteiger partial charge in [-0.15, -0.1) is 0 Å². The molecule has 1 aliphatic heterocycles. The van der Waals surface area contributed by atoms with Gasteiger partial charge in [0.05, 0.1) is 12.1 Å².